The van der Waals surface area contributed by atoms with Crippen LogP contribution in [0.1, 0.15) is 168 Å². The maximum Gasteiger partial charge on any atom is 0.472 e. The van der Waals surface area contributed by atoms with E-state index in [9.17, 15) is 44.6 Å². The van der Waals surface area contributed by atoms with Crippen molar-refractivity contribution in [3.8, 4) is 0 Å². The lowest BCUT2D eigenvalue weighted by molar-refractivity contribution is -0.220. The van der Waals surface area contributed by atoms with E-state index in [1.807, 2.05) is 12.2 Å². The summed E-state index contributed by atoms with van der Waals surface area (Å²) >= 11 is 0. The van der Waals surface area contributed by atoms with Gasteiger partial charge in [0.25, 0.3) is 0 Å². The zero-order chi connectivity index (χ0) is 45.0. The molecule has 0 radical (unpaired) electrons. The van der Waals surface area contributed by atoms with Crippen molar-refractivity contribution < 1.29 is 63.1 Å². The summed E-state index contributed by atoms with van der Waals surface area (Å²) < 4.78 is 33.4. The van der Waals surface area contributed by atoms with Gasteiger partial charge < -0.3 is 39.9 Å². The first-order chi connectivity index (χ1) is 29.4. The van der Waals surface area contributed by atoms with Gasteiger partial charge >= 0.3 is 19.8 Å². The molecule has 0 aromatic heterocycles. The van der Waals surface area contributed by atoms with E-state index < -0.39 is 75.7 Å². The third-order valence-corrected chi connectivity index (χ3v) is 11.3. The van der Waals surface area contributed by atoms with Crippen LogP contribution in [0.3, 0.4) is 0 Å². The van der Waals surface area contributed by atoms with Gasteiger partial charge in [-0.2, -0.15) is 0 Å². The van der Waals surface area contributed by atoms with E-state index in [0.717, 1.165) is 44.9 Å². The quantitative estimate of drug-likeness (QED) is 0.0149. The molecule has 6 unspecified atom stereocenters. The van der Waals surface area contributed by atoms with E-state index in [1.54, 1.807) is 0 Å². The number of hydrogen-bond acceptors (Lipinski definition) is 12. The van der Waals surface area contributed by atoms with E-state index in [2.05, 4.69) is 62.5 Å². The first-order valence-electron chi connectivity index (χ1n) is 23.1. The highest BCUT2D eigenvalue weighted by atomic mass is 31.2. The highest BCUT2D eigenvalue weighted by Crippen LogP contribution is 2.47. The van der Waals surface area contributed by atoms with Crippen molar-refractivity contribution in [3.63, 3.8) is 0 Å². The molecule has 0 bridgehead atoms. The summed E-state index contributed by atoms with van der Waals surface area (Å²) in [5.74, 6) is -1.20. The number of carbonyl (C=O) groups excluding carboxylic acids is 2. The topological polar surface area (TPSA) is 210 Å². The Morgan fingerprint density at radius 2 is 0.902 bits per heavy atom. The number of esters is 2. The molecule has 0 spiro atoms. The molecule has 1 aliphatic carbocycles. The molecule has 352 valence electrons. The van der Waals surface area contributed by atoms with Crippen LogP contribution in [0.2, 0.25) is 0 Å². The highest BCUT2D eigenvalue weighted by Gasteiger charge is 2.51. The zero-order valence-corrected chi connectivity index (χ0v) is 38.1. The lowest BCUT2D eigenvalue weighted by Gasteiger charge is -2.41. The van der Waals surface area contributed by atoms with Crippen molar-refractivity contribution >= 4 is 19.8 Å². The molecular formula is C47H81O13P. The van der Waals surface area contributed by atoms with Crippen molar-refractivity contribution in [1.82, 2.24) is 0 Å². The molecule has 13 nitrogen and oxygen atoms in total. The van der Waals surface area contributed by atoms with Crippen LogP contribution in [0.4, 0.5) is 0 Å². The van der Waals surface area contributed by atoms with E-state index in [0.29, 0.717) is 19.3 Å². The van der Waals surface area contributed by atoms with Crippen molar-refractivity contribution in [2.24, 2.45) is 0 Å². The Morgan fingerprint density at radius 1 is 0.508 bits per heavy atom. The lowest BCUT2D eigenvalue weighted by atomic mass is 9.85. The second kappa shape index (κ2) is 37.0. The minimum absolute atomic E-state index is 0.0414. The molecule has 6 N–H and O–H groups in total. The summed E-state index contributed by atoms with van der Waals surface area (Å²) in [6.45, 7) is 3.20. The fourth-order valence-corrected chi connectivity index (χ4v) is 7.54. The van der Waals surface area contributed by atoms with Gasteiger partial charge in [-0.15, -0.1) is 0 Å². The second-order valence-electron chi connectivity index (χ2n) is 15.9. The number of aliphatic hydroxyl groups excluding tert-OH is 5. The SMILES string of the molecule is CCCCCCCC/C=C/C/C=C/C/C=C/CCCC(=O)OC[C@@H](COP(=O)(O)OC1C(O)C(O)C(O)[C@H](O)C1O)OC(=O)CCCC/C=C/C/C=C/CCCCCCCC. The number of ether oxygens (including phenoxy) is 2. The first-order valence-corrected chi connectivity index (χ1v) is 24.6. The minimum atomic E-state index is -5.14. The Balaban J connectivity index is 2.53. The van der Waals surface area contributed by atoms with Crippen LogP contribution in [-0.2, 0) is 32.7 Å². The molecule has 1 rings (SSSR count). The van der Waals surface area contributed by atoms with Crippen molar-refractivity contribution in [2.45, 2.75) is 211 Å². The van der Waals surface area contributed by atoms with E-state index in [-0.39, 0.29) is 12.8 Å². The Morgan fingerprint density at radius 3 is 1.39 bits per heavy atom. The first kappa shape index (κ1) is 56.6. The molecule has 0 aliphatic heterocycles. The van der Waals surface area contributed by atoms with Gasteiger partial charge in [-0.3, -0.25) is 18.6 Å². The van der Waals surface area contributed by atoms with Gasteiger partial charge in [0.2, 0.25) is 0 Å². The van der Waals surface area contributed by atoms with Crippen LogP contribution < -0.4 is 0 Å². The van der Waals surface area contributed by atoms with Gasteiger partial charge in [0, 0.05) is 12.8 Å². The third kappa shape index (κ3) is 29.5. The van der Waals surface area contributed by atoms with Crippen LogP contribution in [0.5, 0.6) is 0 Å². The molecule has 0 aromatic rings. The van der Waals surface area contributed by atoms with Crippen LogP contribution in [0.15, 0.2) is 60.8 Å². The standard InChI is InChI=1S/C47H81O13P/c1-3-5-7-9-11-13-15-17-19-20-22-23-25-27-29-31-33-35-40(48)57-37-39(38-58-61(55,56)60-47-45(53)43(51)42(50)44(52)46(47)54)59-41(49)36-34-32-30-28-26-24-21-18-16-14-12-10-8-6-4-2/h17-19,21-23,26-29,39,42-47,50-54H,3-16,20,24-25,30-38H2,1-2H3,(H,55,56)/b19-17+,21-18+,23-22+,28-26+,29-27+/t39-,42?,43-,44?,45?,46?,47?/m0/s1. The summed E-state index contributed by atoms with van der Waals surface area (Å²) in [6, 6.07) is 0. The third-order valence-electron chi connectivity index (χ3n) is 10.3. The predicted molar refractivity (Wildman–Crippen MR) is 239 cm³/mol. The molecular weight excluding hydrogens is 803 g/mol. The van der Waals surface area contributed by atoms with Crippen LogP contribution in [-0.4, -0.2) is 98.3 Å². The molecule has 1 saturated carbocycles. The van der Waals surface area contributed by atoms with Gasteiger partial charge in [-0.25, -0.2) is 4.57 Å². The van der Waals surface area contributed by atoms with Crippen molar-refractivity contribution in [3.05, 3.63) is 60.8 Å². The van der Waals surface area contributed by atoms with E-state index in [1.165, 1.54) is 77.0 Å². The van der Waals surface area contributed by atoms with E-state index in [4.69, 9.17) is 18.5 Å². The number of rotatable bonds is 37. The molecule has 0 saturated heterocycles. The van der Waals surface area contributed by atoms with Crippen LogP contribution >= 0.6 is 7.82 Å². The number of phosphoric acid groups is 1. The highest BCUT2D eigenvalue weighted by molar-refractivity contribution is 7.47. The fourth-order valence-electron chi connectivity index (χ4n) is 6.57. The molecule has 1 fully saturated rings. The number of aliphatic hydroxyl groups is 5. The summed E-state index contributed by atoms with van der Waals surface area (Å²) in [5.41, 5.74) is 0. The summed E-state index contributed by atoms with van der Waals surface area (Å²) in [5, 5.41) is 50.1. The summed E-state index contributed by atoms with van der Waals surface area (Å²) in [4.78, 5) is 35.6. The molecule has 8 atom stereocenters. The Labute approximate surface area is 366 Å². The maximum absolute atomic E-state index is 12.8. The average molecular weight is 885 g/mol. The Hall–Kier alpha value is -2.45. The number of phosphoric ester groups is 1. The molecule has 1 aliphatic rings. The number of unbranched alkanes of at least 4 members (excludes halogenated alkanes) is 15. The Kier molecular flexibility index (Phi) is 34.3. The van der Waals surface area contributed by atoms with E-state index >= 15 is 0 Å². The largest absolute Gasteiger partial charge is 0.472 e. The van der Waals surface area contributed by atoms with Crippen molar-refractivity contribution in [2.75, 3.05) is 13.2 Å². The smallest absolute Gasteiger partial charge is 0.462 e. The van der Waals surface area contributed by atoms with Gasteiger partial charge in [0.15, 0.2) is 6.10 Å². The van der Waals surface area contributed by atoms with Gasteiger partial charge in [0.05, 0.1) is 6.61 Å². The Bertz CT molecular complexity index is 1300. The number of allylic oxidation sites excluding steroid dienone is 10. The molecule has 14 heteroatoms. The fraction of sp³-hybridized carbons (Fsp3) is 0.745. The van der Waals surface area contributed by atoms with Crippen LogP contribution in [0, 0.1) is 0 Å². The molecule has 61 heavy (non-hydrogen) atoms. The lowest BCUT2D eigenvalue weighted by Crippen LogP contribution is -2.64. The maximum atomic E-state index is 12.8. The number of hydrogen-bond donors (Lipinski definition) is 6. The monoisotopic (exact) mass is 885 g/mol. The zero-order valence-electron chi connectivity index (χ0n) is 37.2. The average Bonchev–Trinajstić information content (AvgIpc) is 3.24. The molecule has 0 amide bonds. The number of carbonyl (C=O) groups is 2. The minimum Gasteiger partial charge on any atom is -0.462 e. The summed E-state index contributed by atoms with van der Waals surface area (Å²) in [6.07, 6.45) is 31.4. The van der Waals surface area contributed by atoms with Gasteiger partial charge in [0.1, 0.15) is 43.2 Å². The predicted octanol–water partition coefficient (Wildman–Crippen LogP) is 8.94. The normalized spacial score (nSPS) is 22.6. The van der Waals surface area contributed by atoms with Crippen molar-refractivity contribution in [1.29, 1.82) is 0 Å². The second-order valence-corrected chi connectivity index (χ2v) is 17.3. The molecule has 0 aromatic carbocycles. The van der Waals surface area contributed by atoms with Crippen LogP contribution in [0.25, 0.3) is 0 Å². The van der Waals surface area contributed by atoms with Gasteiger partial charge in [-0.1, -0.05) is 139 Å². The summed E-state index contributed by atoms with van der Waals surface area (Å²) in [7, 11) is -5.14. The molecule has 0 heterocycles. The van der Waals surface area contributed by atoms with Gasteiger partial charge in [-0.05, 0) is 77.0 Å².